The zero-order valence-electron chi connectivity index (χ0n) is 14.5. The topological polar surface area (TPSA) is 61.8 Å². The van der Waals surface area contributed by atoms with E-state index >= 15 is 0 Å². The number of cyclic esters (lactones) is 1. The smallest absolute Gasteiger partial charge is 0.349 e. The minimum absolute atomic E-state index is 0.0556. The van der Waals surface area contributed by atoms with Gasteiger partial charge in [0.2, 0.25) is 5.67 Å². The minimum atomic E-state index is -2.41. The van der Waals surface area contributed by atoms with E-state index in [9.17, 15) is 14.0 Å². The van der Waals surface area contributed by atoms with Crippen molar-refractivity contribution in [3.63, 3.8) is 0 Å². The van der Waals surface area contributed by atoms with Gasteiger partial charge in [-0.1, -0.05) is 48.5 Å². The Hall–Kier alpha value is -2.73. The lowest BCUT2D eigenvalue weighted by Crippen LogP contribution is -2.42. The number of aryl methyl sites for hydroxylation is 1. The molecule has 0 amide bonds. The molecule has 2 aromatic carbocycles. The number of carbonyl (C=O) groups is 2. The minimum Gasteiger partial charge on any atom is -0.420 e. The second kappa shape index (κ2) is 7.25. The third-order valence-electron chi connectivity index (χ3n) is 4.26. The van der Waals surface area contributed by atoms with E-state index < -0.39 is 30.0 Å². The van der Waals surface area contributed by atoms with Crippen LogP contribution >= 0.6 is 0 Å². The first kappa shape index (κ1) is 18.1. The van der Waals surface area contributed by atoms with Crippen LogP contribution in [0.1, 0.15) is 28.4 Å². The summed E-state index contributed by atoms with van der Waals surface area (Å²) in [6.07, 6.45) is -2.81. The normalized spacial score (nSPS) is 25.0. The maximum Gasteiger partial charge on any atom is 0.349 e. The van der Waals surface area contributed by atoms with Gasteiger partial charge in [0.15, 0.2) is 6.10 Å². The maximum absolute atomic E-state index is 14.8. The number of halogens is 1. The Morgan fingerprint density at radius 3 is 2.50 bits per heavy atom. The Morgan fingerprint density at radius 2 is 1.81 bits per heavy atom. The molecule has 3 atom stereocenters. The molecule has 1 heterocycles. The summed E-state index contributed by atoms with van der Waals surface area (Å²) in [6.45, 7) is 2.87. The average Bonchev–Trinajstić information content (AvgIpc) is 2.83. The Morgan fingerprint density at radius 1 is 1.15 bits per heavy atom. The molecule has 1 saturated heterocycles. The van der Waals surface area contributed by atoms with Gasteiger partial charge in [0, 0.05) is 0 Å². The van der Waals surface area contributed by atoms with E-state index in [0.717, 1.165) is 12.5 Å². The molecule has 5 nitrogen and oxygen atoms in total. The fourth-order valence-corrected chi connectivity index (χ4v) is 2.71. The summed E-state index contributed by atoms with van der Waals surface area (Å²) in [7, 11) is 0. The number of ether oxygens (including phenoxy) is 3. The van der Waals surface area contributed by atoms with Crippen molar-refractivity contribution >= 4 is 11.9 Å². The van der Waals surface area contributed by atoms with Gasteiger partial charge < -0.3 is 14.2 Å². The molecule has 1 aliphatic heterocycles. The van der Waals surface area contributed by atoms with Crippen molar-refractivity contribution in [2.24, 2.45) is 0 Å². The summed E-state index contributed by atoms with van der Waals surface area (Å²) >= 11 is 0. The van der Waals surface area contributed by atoms with Crippen LogP contribution in [-0.2, 0) is 25.6 Å². The van der Waals surface area contributed by atoms with Gasteiger partial charge >= 0.3 is 11.9 Å². The van der Waals surface area contributed by atoms with Crippen LogP contribution < -0.4 is 0 Å². The molecule has 0 aliphatic carbocycles. The van der Waals surface area contributed by atoms with Gasteiger partial charge in [0.05, 0.1) is 12.2 Å². The first-order chi connectivity index (χ1) is 12.4. The van der Waals surface area contributed by atoms with E-state index in [-0.39, 0.29) is 6.61 Å². The monoisotopic (exact) mass is 358 g/mol. The molecule has 136 valence electrons. The molecule has 0 bridgehead atoms. The van der Waals surface area contributed by atoms with Gasteiger partial charge in [-0.15, -0.1) is 0 Å². The molecule has 2 aromatic rings. The quantitative estimate of drug-likeness (QED) is 0.767. The molecule has 0 N–H and O–H groups in total. The summed E-state index contributed by atoms with van der Waals surface area (Å²) in [6, 6.07) is 15.9. The Bertz CT molecular complexity index is 803. The first-order valence-corrected chi connectivity index (χ1v) is 8.21. The largest absolute Gasteiger partial charge is 0.420 e. The highest BCUT2D eigenvalue weighted by atomic mass is 19.1. The molecule has 3 rings (SSSR count). The van der Waals surface area contributed by atoms with Crippen LogP contribution in [0.4, 0.5) is 4.39 Å². The number of carbonyl (C=O) groups excluding carboxylic acids is 2. The highest BCUT2D eigenvalue weighted by molar-refractivity contribution is 5.91. The van der Waals surface area contributed by atoms with E-state index in [1.807, 2.05) is 30.3 Å². The zero-order chi connectivity index (χ0) is 18.7. The first-order valence-electron chi connectivity index (χ1n) is 8.21. The van der Waals surface area contributed by atoms with Crippen LogP contribution in [0.15, 0.2) is 54.6 Å². The Balaban J connectivity index is 1.75. The fourth-order valence-electron chi connectivity index (χ4n) is 2.71. The fraction of sp³-hybridized carbons (Fsp3) is 0.300. The van der Waals surface area contributed by atoms with Gasteiger partial charge in [0.1, 0.15) is 0 Å². The van der Waals surface area contributed by atoms with Crippen molar-refractivity contribution in [1.82, 2.24) is 0 Å². The second-order valence-corrected chi connectivity index (χ2v) is 6.29. The van der Waals surface area contributed by atoms with Crippen LogP contribution in [0.3, 0.4) is 0 Å². The second-order valence-electron chi connectivity index (χ2n) is 6.29. The average molecular weight is 358 g/mol. The lowest BCUT2D eigenvalue weighted by atomic mass is 10.0. The third kappa shape index (κ3) is 3.60. The Labute approximate surface area is 150 Å². The van der Waals surface area contributed by atoms with Gasteiger partial charge in [0.25, 0.3) is 6.29 Å². The van der Waals surface area contributed by atoms with Gasteiger partial charge in [-0.3, -0.25) is 0 Å². The molecule has 0 unspecified atom stereocenters. The lowest BCUT2D eigenvalue weighted by Gasteiger charge is -2.23. The number of rotatable bonds is 5. The van der Waals surface area contributed by atoms with Crippen molar-refractivity contribution in [2.45, 2.75) is 38.5 Å². The van der Waals surface area contributed by atoms with E-state index in [0.29, 0.717) is 11.1 Å². The molecular formula is C20H19FO5. The molecule has 26 heavy (non-hydrogen) atoms. The van der Waals surface area contributed by atoms with Gasteiger partial charge in [-0.25, -0.2) is 14.0 Å². The SMILES string of the molecule is Cc1ccccc1C(=O)O[C@@H]1OC(=O)[C@](C)(F)[C@@H]1OCc1ccccc1. The Kier molecular flexibility index (Phi) is 5.04. The zero-order valence-corrected chi connectivity index (χ0v) is 14.5. The molecule has 6 heteroatoms. The standard InChI is InChI=1S/C20H19FO5/c1-13-8-6-7-11-15(13)17(22)25-18-16(20(2,21)19(23)26-18)24-12-14-9-4-3-5-10-14/h3-11,16,18H,12H2,1-2H3/t16-,18-,20-/m1/s1. The van der Waals surface area contributed by atoms with Crippen LogP contribution in [-0.4, -0.2) is 30.0 Å². The summed E-state index contributed by atoms with van der Waals surface area (Å²) < 4.78 is 30.5. The number of hydrogen-bond acceptors (Lipinski definition) is 5. The van der Waals surface area contributed by atoms with Gasteiger partial charge in [-0.2, -0.15) is 0 Å². The number of esters is 2. The van der Waals surface area contributed by atoms with Crippen LogP contribution in [0.25, 0.3) is 0 Å². The molecule has 0 radical (unpaired) electrons. The number of hydrogen-bond donors (Lipinski definition) is 0. The summed E-state index contributed by atoms with van der Waals surface area (Å²) in [5, 5.41) is 0. The van der Waals surface area contributed by atoms with Crippen molar-refractivity contribution in [3.8, 4) is 0 Å². The summed E-state index contributed by atoms with van der Waals surface area (Å²) in [4.78, 5) is 24.2. The van der Waals surface area contributed by atoms with E-state index in [2.05, 4.69) is 0 Å². The molecular weight excluding hydrogens is 339 g/mol. The molecule has 1 fully saturated rings. The van der Waals surface area contributed by atoms with Crippen molar-refractivity contribution in [3.05, 3.63) is 71.3 Å². The van der Waals surface area contributed by atoms with E-state index in [1.54, 1.807) is 31.2 Å². The highest BCUT2D eigenvalue weighted by Crippen LogP contribution is 2.34. The predicted molar refractivity (Wildman–Crippen MR) is 91.0 cm³/mol. The van der Waals surface area contributed by atoms with Crippen molar-refractivity contribution in [1.29, 1.82) is 0 Å². The number of benzene rings is 2. The molecule has 0 saturated carbocycles. The molecule has 0 aromatic heterocycles. The van der Waals surface area contributed by atoms with Crippen LogP contribution in [0, 0.1) is 6.92 Å². The highest BCUT2D eigenvalue weighted by Gasteiger charge is 2.58. The number of alkyl halides is 1. The van der Waals surface area contributed by atoms with Crippen molar-refractivity contribution < 1.29 is 28.2 Å². The van der Waals surface area contributed by atoms with Crippen molar-refractivity contribution in [2.75, 3.05) is 0 Å². The predicted octanol–water partition coefficient (Wildman–Crippen LogP) is 3.35. The van der Waals surface area contributed by atoms with Crippen LogP contribution in [0.2, 0.25) is 0 Å². The molecule has 1 aliphatic rings. The maximum atomic E-state index is 14.8. The summed E-state index contributed by atoms with van der Waals surface area (Å²) in [5.74, 6) is -1.81. The lowest BCUT2D eigenvalue weighted by molar-refractivity contribution is -0.164. The van der Waals surface area contributed by atoms with Crippen LogP contribution in [0.5, 0.6) is 0 Å². The third-order valence-corrected chi connectivity index (χ3v) is 4.26. The van der Waals surface area contributed by atoms with E-state index in [4.69, 9.17) is 14.2 Å². The summed E-state index contributed by atoms with van der Waals surface area (Å²) in [5.41, 5.74) is -0.595. The molecule has 0 spiro atoms. The van der Waals surface area contributed by atoms with Gasteiger partial charge in [-0.05, 0) is 31.0 Å². The van der Waals surface area contributed by atoms with E-state index in [1.165, 1.54) is 0 Å².